The van der Waals surface area contributed by atoms with Crippen molar-refractivity contribution < 1.29 is 9.47 Å². The molecule has 0 amide bonds. The molecule has 3 nitrogen and oxygen atoms in total. The first-order chi connectivity index (χ1) is 8.84. The summed E-state index contributed by atoms with van der Waals surface area (Å²) in [4.78, 5) is 4.37. The number of nitrogens with zero attached hydrogens (tertiary/aromatic N) is 1. The maximum atomic E-state index is 5.89. The lowest BCUT2D eigenvalue weighted by Crippen LogP contribution is -2.21. The van der Waals surface area contributed by atoms with Crippen molar-refractivity contribution in [1.29, 1.82) is 0 Å². The van der Waals surface area contributed by atoms with Gasteiger partial charge in [-0.05, 0) is 46.1 Å². The van der Waals surface area contributed by atoms with Gasteiger partial charge in [0.2, 0.25) is 5.88 Å². The van der Waals surface area contributed by atoms with Crippen molar-refractivity contribution in [2.45, 2.75) is 12.8 Å². The molecule has 0 radical (unpaired) electrons. The molecule has 3 rings (SSSR count). The molecule has 1 aliphatic rings. The van der Waals surface area contributed by atoms with Gasteiger partial charge < -0.3 is 9.47 Å². The molecule has 0 spiro atoms. The lowest BCUT2D eigenvalue weighted by Gasteiger charge is -2.21. The number of aromatic nitrogens is 1. The van der Waals surface area contributed by atoms with E-state index in [0.717, 1.165) is 48.4 Å². The van der Waals surface area contributed by atoms with Gasteiger partial charge in [0.25, 0.3) is 0 Å². The highest BCUT2D eigenvalue weighted by Crippen LogP contribution is 2.34. The molecule has 0 unspecified atom stereocenters. The molecule has 0 N–H and O–H groups in total. The molecule has 18 heavy (non-hydrogen) atoms. The molecule has 1 fully saturated rings. The third kappa shape index (κ3) is 2.53. The predicted octanol–water partition coefficient (Wildman–Crippen LogP) is 3.86. The normalized spacial score (nSPS) is 17.2. The van der Waals surface area contributed by atoms with Crippen molar-refractivity contribution >= 4 is 37.4 Å². The SMILES string of the molecule is Brc1cnc(OCC2CCOCC2)c2ccsc12. The number of ether oxygens (including phenoxy) is 2. The average molecular weight is 328 g/mol. The van der Waals surface area contributed by atoms with Crippen LogP contribution in [-0.2, 0) is 4.74 Å². The number of thiophene rings is 1. The molecule has 2 aromatic rings. The van der Waals surface area contributed by atoms with Crippen molar-refractivity contribution in [3.63, 3.8) is 0 Å². The zero-order chi connectivity index (χ0) is 12.4. The second-order valence-corrected chi connectivity index (χ2v) is 6.21. The molecule has 5 heteroatoms. The first kappa shape index (κ1) is 12.4. The minimum atomic E-state index is 0.595. The zero-order valence-electron chi connectivity index (χ0n) is 9.89. The van der Waals surface area contributed by atoms with Crippen LogP contribution in [0.5, 0.6) is 5.88 Å². The van der Waals surface area contributed by atoms with E-state index in [2.05, 4.69) is 32.4 Å². The van der Waals surface area contributed by atoms with Gasteiger partial charge in [0.1, 0.15) is 0 Å². The summed E-state index contributed by atoms with van der Waals surface area (Å²) in [6, 6.07) is 2.07. The predicted molar refractivity (Wildman–Crippen MR) is 76.4 cm³/mol. The summed E-state index contributed by atoms with van der Waals surface area (Å²) >= 11 is 5.22. The standard InChI is InChI=1S/C13H14BrNO2S/c14-11-7-15-13(10-3-6-18-12(10)11)17-8-9-1-4-16-5-2-9/h3,6-7,9H,1-2,4-5,8H2. The van der Waals surface area contributed by atoms with Crippen LogP contribution in [0.15, 0.2) is 22.1 Å². The zero-order valence-corrected chi connectivity index (χ0v) is 12.3. The average Bonchev–Trinajstić information content (AvgIpc) is 2.90. The summed E-state index contributed by atoms with van der Waals surface area (Å²) in [5, 5.41) is 3.17. The Kier molecular flexibility index (Phi) is 3.82. The summed E-state index contributed by atoms with van der Waals surface area (Å²) in [7, 11) is 0. The summed E-state index contributed by atoms with van der Waals surface area (Å²) in [6.45, 7) is 2.45. The Morgan fingerprint density at radius 1 is 1.44 bits per heavy atom. The smallest absolute Gasteiger partial charge is 0.222 e. The number of pyridine rings is 1. The Morgan fingerprint density at radius 3 is 3.11 bits per heavy atom. The molecular weight excluding hydrogens is 314 g/mol. The van der Waals surface area contributed by atoms with E-state index in [1.54, 1.807) is 11.3 Å². The summed E-state index contributed by atoms with van der Waals surface area (Å²) < 4.78 is 13.5. The first-order valence-electron chi connectivity index (χ1n) is 6.07. The van der Waals surface area contributed by atoms with E-state index in [1.807, 2.05) is 6.20 Å². The van der Waals surface area contributed by atoms with Gasteiger partial charge in [-0.15, -0.1) is 11.3 Å². The molecule has 0 saturated carbocycles. The molecule has 1 aliphatic heterocycles. The number of hydrogen-bond donors (Lipinski definition) is 0. The van der Waals surface area contributed by atoms with Gasteiger partial charge >= 0.3 is 0 Å². The lowest BCUT2D eigenvalue weighted by molar-refractivity contribution is 0.0493. The van der Waals surface area contributed by atoms with Gasteiger partial charge in [0.05, 0.1) is 21.2 Å². The van der Waals surface area contributed by atoms with E-state index in [1.165, 1.54) is 4.70 Å². The topological polar surface area (TPSA) is 31.4 Å². The van der Waals surface area contributed by atoms with Gasteiger partial charge in [-0.25, -0.2) is 4.98 Å². The van der Waals surface area contributed by atoms with E-state index < -0.39 is 0 Å². The molecule has 96 valence electrons. The highest BCUT2D eigenvalue weighted by molar-refractivity contribution is 9.10. The van der Waals surface area contributed by atoms with Gasteiger partial charge in [-0.1, -0.05) is 0 Å². The summed E-state index contributed by atoms with van der Waals surface area (Å²) in [6.07, 6.45) is 3.99. The van der Waals surface area contributed by atoms with Crippen molar-refractivity contribution in [1.82, 2.24) is 4.98 Å². The molecule has 2 aromatic heterocycles. The minimum absolute atomic E-state index is 0.595. The van der Waals surface area contributed by atoms with E-state index in [4.69, 9.17) is 9.47 Å². The summed E-state index contributed by atoms with van der Waals surface area (Å²) in [5.74, 6) is 1.35. The van der Waals surface area contributed by atoms with Crippen molar-refractivity contribution in [2.24, 2.45) is 5.92 Å². The van der Waals surface area contributed by atoms with Crippen LogP contribution in [0.3, 0.4) is 0 Å². The van der Waals surface area contributed by atoms with Gasteiger partial charge in [-0.2, -0.15) is 0 Å². The highest BCUT2D eigenvalue weighted by Gasteiger charge is 2.16. The Balaban J connectivity index is 1.74. The number of fused-ring (bicyclic) bond motifs is 1. The molecule has 0 bridgehead atoms. The fraction of sp³-hybridized carbons (Fsp3) is 0.462. The molecule has 1 saturated heterocycles. The van der Waals surface area contributed by atoms with Gasteiger partial charge in [0.15, 0.2) is 0 Å². The van der Waals surface area contributed by atoms with Gasteiger partial charge in [-0.3, -0.25) is 0 Å². The molecule has 3 heterocycles. The number of rotatable bonds is 3. The van der Waals surface area contributed by atoms with E-state index in [-0.39, 0.29) is 0 Å². The van der Waals surface area contributed by atoms with E-state index >= 15 is 0 Å². The molecule has 0 atom stereocenters. The second-order valence-electron chi connectivity index (χ2n) is 4.44. The number of halogens is 1. The van der Waals surface area contributed by atoms with Crippen molar-refractivity contribution in [3.8, 4) is 5.88 Å². The lowest BCUT2D eigenvalue weighted by atomic mass is 10.0. The van der Waals surface area contributed by atoms with Crippen LogP contribution in [0.25, 0.3) is 10.1 Å². The van der Waals surface area contributed by atoms with Crippen LogP contribution in [0.4, 0.5) is 0 Å². The van der Waals surface area contributed by atoms with Crippen LogP contribution < -0.4 is 4.74 Å². The Labute approximate surface area is 118 Å². The summed E-state index contributed by atoms with van der Waals surface area (Å²) in [5.41, 5.74) is 0. The Morgan fingerprint density at radius 2 is 2.28 bits per heavy atom. The third-order valence-electron chi connectivity index (χ3n) is 3.20. The quantitative estimate of drug-likeness (QED) is 0.857. The van der Waals surface area contributed by atoms with Crippen LogP contribution in [0.1, 0.15) is 12.8 Å². The Hall–Kier alpha value is -0.650. The minimum Gasteiger partial charge on any atom is -0.477 e. The molecule has 0 aromatic carbocycles. The monoisotopic (exact) mass is 327 g/mol. The fourth-order valence-corrected chi connectivity index (χ4v) is 3.52. The van der Waals surface area contributed by atoms with Crippen LogP contribution in [0.2, 0.25) is 0 Å². The van der Waals surface area contributed by atoms with Gasteiger partial charge in [0, 0.05) is 19.4 Å². The molecular formula is C13H14BrNO2S. The van der Waals surface area contributed by atoms with Crippen molar-refractivity contribution in [3.05, 3.63) is 22.1 Å². The fourth-order valence-electron chi connectivity index (χ4n) is 2.13. The maximum Gasteiger partial charge on any atom is 0.222 e. The Bertz CT molecular complexity index is 537. The van der Waals surface area contributed by atoms with Crippen molar-refractivity contribution in [2.75, 3.05) is 19.8 Å². The number of hydrogen-bond acceptors (Lipinski definition) is 4. The first-order valence-corrected chi connectivity index (χ1v) is 7.74. The molecule has 0 aliphatic carbocycles. The van der Waals surface area contributed by atoms with E-state index in [0.29, 0.717) is 5.92 Å². The van der Waals surface area contributed by atoms with Crippen LogP contribution in [-0.4, -0.2) is 24.8 Å². The van der Waals surface area contributed by atoms with Crippen LogP contribution >= 0.6 is 27.3 Å². The third-order valence-corrected chi connectivity index (χ3v) is 5.02. The van der Waals surface area contributed by atoms with Crippen LogP contribution in [0, 0.1) is 5.92 Å². The second kappa shape index (κ2) is 5.55. The van der Waals surface area contributed by atoms with E-state index in [9.17, 15) is 0 Å². The highest BCUT2D eigenvalue weighted by atomic mass is 79.9. The largest absolute Gasteiger partial charge is 0.477 e. The maximum absolute atomic E-state index is 5.89.